The number of nitrogens with zero attached hydrogens (tertiary/aromatic N) is 1. The van der Waals surface area contributed by atoms with Gasteiger partial charge in [-0.15, -0.1) is 0 Å². The average molecular weight is 232 g/mol. The maximum atomic E-state index is 11.7. The van der Waals surface area contributed by atoms with Gasteiger partial charge in [0, 0.05) is 12.2 Å². The van der Waals surface area contributed by atoms with E-state index in [2.05, 4.69) is 10.3 Å². The third kappa shape index (κ3) is 2.69. The minimum Gasteiger partial charge on any atom is -0.481 e. The number of nitrogens with one attached hydrogen (secondary N) is 1. The monoisotopic (exact) mass is 232 g/mol. The highest BCUT2D eigenvalue weighted by molar-refractivity contribution is 5.92. The molecule has 0 saturated carbocycles. The molecule has 0 radical (unpaired) electrons. The Morgan fingerprint density at radius 3 is 2.76 bits per heavy atom. The van der Waals surface area contributed by atoms with E-state index in [4.69, 9.17) is 5.11 Å². The van der Waals surface area contributed by atoms with Crippen molar-refractivity contribution in [2.75, 3.05) is 0 Å². The smallest absolute Gasteiger partial charge is 0.310 e. The molecule has 0 bridgehead atoms. The molecular formula is C12H12N2O3. The third-order valence-electron chi connectivity index (χ3n) is 2.61. The average Bonchev–Trinajstić information content (AvgIpc) is 2.79. The molecule has 0 fully saturated rings. The minimum absolute atomic E-state index is 0.231. The van der Waals surface area contributed by atoms with Gasteiger partial charge >= 0.3 is 5.97 Å². The Kier molecular flexibility index (Phi) is 3.18. The van der Waals surface area contributed by atoms with Crippen LogP contribution in [0.2, 0.25) is 0 Å². The zero-order chi connectivity index (χ0) is 12.3. The topological polar surface area (TPSA) is 79.3 Å². The van der Waals surface area contributed by atoms with E-state index < -0.39 is 11.9 Å². The summed E-state index contributed by atoms with van der Waals surface area (Å²) in [6.07, 6.45) is 5.25. The van der Waals surface area contributed by atoms with Gasteiger partial charge < -0.3 is 10.4 Å². The standard InChI is InChI=1S/C12H12N2O3/c15-11(10-3-1-2-6-13-10)14-9-5-4-8(7-9)12(16)17/h1-6,8-9H,7H2,(H,14,15)(H,16,17). The molecule has 1 aromatic rings. The number of pyridine rings is 1. The van der Waals surface area contributed by atoms with E-state index in [1.807, 2.05) is 0 Å². The summed E-state index contributed by atoms with van der Waals surface area (Å²) in [5, 5.41) is 11.5. The summed E-state index contributed by atoms with van der Waals surface area (Å²) in [4.78, 5) is 26.4. The Labute approximate surface area is 98.2 Å². The second-order valence-electron chi connectivity index (χ2n) is 3.86. The van der Waals surface area contributed by atoms with E-state index in [0.29, 0.717) is 12.1 Å². The van der Waals surface area contributed by atoms with E-state index in [9.17, 15) is 9.59 Å². The van der Waals surface area contributed by atoms with Crippen LogP contribution in [0.3, 0.4) is 0 Å². The number of amides is 1. The number of carbonyl (C=O) groups is 2. The molecule has 1 aliphatic rings. The first-order chi connectivity index (χ1) is 8.16. The first-order valence-electron chi connectivity index (χ1n) is 5.30. The first-order valence-corrected chi connectivity index (χ1v) is 5.30. The van der Waals surface area contributed by atoms with E-state index in [0.717, 1.165) is 0 Å². The number of hydrogen-bond acceptors (Lipinski definition) is 3. The zero-order valence-corrected chi connectivity index (χ0v) is 9.04. The molecule has 1 aliphatic carbocycles. The van der Waals surface area contributed by atoms with Crippen LogP contribution in [0.25, 0.3) is 0 Å². The zero-order valence-electron chi connectivity index (χ0n) is 9.04. The summed E-state index contributed by atoms with van der Waals surface area (Å²) < 4.78 is 0. The number of carboxylic acid groups (broad SMARTS) is 1. The van der Waals surface area contributed by atoms with Gasteiger partial charge in [-0.25, -0.2) is 0 Å². The summed E-state index contributed by atoms with van der Waals surface area (Å²) in [6, 6.07) is 4.84. The third-order valence-corrected chi connectivity index (χ3v) is 2.61. The number of hydrogen-bond donors (Lipinski definition) is 2. The van der Waals surface area contributed by atoms with Gasteiger partial charge in [-0.05, 0) is 18.6 Å². The Hall–Kier alpha value is -2.17. The van der Waals surface area contributed by atoms with Crippen molar-refractivity contribution >= 4 is 11.9 Å². The Morgan fingerprint density at radius 1 is 1.35 bits per heavy atom. The van der Waals surface area contributed by atoms with Crippen LogP contribution in [0.4, 0.5) is 0 Å². The van der Waals surface area contributed by atoms with Crippen molar-refractivity contribution in [3.8, 4) is 0 Å². The molecule has 0 saturated heterocycles. The molecule has 5 heteroatoms. The molecule has 1 aromatic heterocycles. The van der Waals surface area contributed by atoms with Crippen LogP contribution in [0, 0.1) is 5.92 Å². The molecule has 2 unspecified atom stereocenters. The van der Waals surface area contributed by atoms with Gasteiger partial charge in [0.1, 0.15) is 5.69 Å². The molecule has 1 heterocycles. The molecule has 2 N–H and O–H groups in total. The fourth-order valence-electron chi connectivity index (χ4n) is 1.73. The molecule has 2 atom stereocenters. The highest BCUT2D eigenvalue weighted by Gasteiger charge is 2.25. The van der Waals surface area contributed by atoms with Crippen molar-refractivity contribution in [2.45, 2.75) is 12.5 Å². The largest absolute Gasteiger partial charge is 0.481 e. The van der Waals surface area contributed by atoms with Crippen molar-refractivity contribution < 1.29 is 14.7 Å². The van der Waals surface area contributed by atoms with Crippen LogP contribution in [-0.2, 0) is 4.79 Å². The van der Waals surface area contributed by atoms with E-state index in [-0.39, 0.29) is 11.9 Å². The van der Waals surface area contributed by atoms with Crippen molar-refractivity contribution in [3.63, 3.8) is 0 Å². The normalized spacial score (nSPS) is 22.4. The second-order valence-corrected chi connectivity index (χ2v) is 3.86. The van der Waals surface area contributed by atoms with Gasteiger partial charge in [0.15, 0.2) is 0 Å². The molecule has 0 aromatic carbocycles. The Balaban J connectivity index is 1.94. The van der Waals surface area contributed by atoms with Crippen LogP contribution in [0.5, 0.6) is 0 Å². The van der Waals surface area contributed by atoms with Crippen molar-refractivity contribution in [1.82, 2.24) is 10.3 Å². The van der Waals surface area contributed by atoms with Gasteiger partial charge in [-0.2, -0.15) is 0 Å². The number of aromatic nitrogens is 1. The van der Waals surface area contributed by atoms with Crippen LogP contribution >= 0.6 is 0 Å². The van der Waals surface area contributed by atoms with E-state index in [1.54, 1.807) is 36.5 Å². The van der Waals surface area contributed by atoms with Crippen LogP contribution in [0.15, 0.2) is 36.5 Å². The quantitative estimate of drug-likeness (QED) is 0.757. The molecule has 5 nitrogen and oxygen atoms in total. The lowest BCUT2D eigenvalue weighted by Crippen LogP contribution is -2.33. The number of carboxylic acids is 1. The molecule has 2 rings (SSSR count). The summed E-state index contributed by atoms with van der Waals surface area (Å²) in [7, 11) is 0. The van der Waals surface area contributed by atoms with Gasteiger partial charge in [-0.1, -0.05) is 18.2 Å². The highest BCUT2D eigenvalue weighted by atomic mass is 16.4. The summed E-state index contributed by atoms with van der Waals surface area (Å²) >= 11 is 0. The number of rotatable bonds is 3. The van der Waals surface area contributed by atoms with Crippen LogP contribution in [-0.4, -0.2) is 28.0 Å². The Bertz CT molecular complexity index is 456. The molecule has 1 amide bonds. The predicted molar refractivity (Wildman–Crippen MR) is 60.4 cm³/mol. The van der Waals surface area contributed by atoms with Crippen molar-refractivity contribution in [3.05, 3.63) is 42.2 Å². The maximum Gasteiger partial charge on any atom is 0.310 e. The van der Waals surface area contributed by atoms with Crippen LogP contribution < -0.4 is 5.32 Å². The summed E-state index contributed by atoms with van der Waals surface area (Å²) in [5.41, 5.74) is 0.333. The van der Waals surface area contributed by atoms with Gasteiger partial charge in [-0.3, -0.25) is 14.6 Å². The highest BCUT2D eigenvalue weighted by Crippen LogP contribution is 2.18. The minimum atomic E-state index is -0.865. The molecule has 0 aliphatic heterocycles. The van der Waals surface area contributed by atoms with Crippen LogP contribution in [0.1, 0.15) is 16.9 Å². The fourth-order valence-corrected chi connectivity index (χ4v) is 1.73. The number of carbonyl (C=O) groups excluding carboxylic acids is 1. The number of aliphatic carboxylic acids is 1. The van der Waals surface area contributed by atoms with E-state index >= 15 is 0 Å². The summed E-state index contributed by atoms with van der Waals surface area (Å²) in [5.74, 6) is -1.66. The van der Waals surface area contributed by atoms with E-state index in [1.165, 1.54) is 0 Å². The Morgan fingerprint density at radius 2 is 2.18 bits per heavy atom. The molecular weight excluding hydrogens is 220 g/mol. The molecule has 88 valence electrons. The molecule has 17 heavy (non-hydrogen) atoms. The SMILES string of the molecule is O=C(NC1C=CC(C(=O)O)C1)c1ccccn1. The molecule has 0 spiro atoms. The second kappa shape index (κ2) is 4.78. The first kappa shape index (κ1) is 11.3. The lowest BCUT2D eigenvalue weighted by molar-refractivity contribution is -0.140. The summed E-state index contributed by atoms with van der Waals surface area (Å²) in [6.45, 7) is 0. The van der Waals surface area contributed by atoms with Gasteiger partial charge in [0.25, 0.3) is 5.91 Å². The maximum absolute atomic E-state index is 11.7. The van der Waals surface area contributed by atoms with Gasteiger partial charge in [0.2, 0.25) is 0 Å². The van der Waals surface area contributed by atoms with Crippen molar-refractivity contribution in [2.24, 2.45) is 5.92 Å². The van der Waals surface area contributed by atoms with Crippen molar-refractivity contribution in [1.29, 1.82) is 0 Å². The lowest BCUT2D eigenvalue weighted by atomic mass is 10.1. The van der Waals surface area contributed by atoms with Gasteiger partial charge in [0.05, 0.1) is 5.92 Å². The lowest BCUT2D eigenvalue weighted by Gasteiger charge is -2.11. The fraction of sp³-hybridized carbons (Fsp3) is 0.250. The predicted octanol–water partition coefficient (Wildman–Crippen LogP) is 0.841.